The van der Waals surface area contributed by atoms with E-state index in [9.17, 15) is 0 Å². The second-order valence-electron chi connectivity index (χ2n) is 6.96. The second-order valence-corrected chi connectivity index (χ2v) is 6.96. The molecule has 20 heavy (non-hydrogen) atoms. The van der Waals surface area contributed by atoms with Crippen LogP contribution in [0.15, 0.2) is 18.2 Å². The number of pyridine rings is 1. The van der Waals surface area contributed by atoms with Gasteiger partial charge in [-0.15, -0.1) is 0 Å². The van der Waals surface area contributed by atoms with Crippen molar-refractivity contribution in [1.82, 2.24) is 10.3 Å². The lowest BCUT2D eigenvalue weighted by Crippen LogP contribution is -2.38. The molecular formula is C17H29N3. The van der Waals surface area contributed by atoms with Gasteiger partial charge in [-0.05, 0) is 58.6 Å². The van der Waals surface area contributed by atoms with Crippen LogP contribution in [-0.4, -0.2) is 23.1 Å². The number of hydrogen-bond donors (Lipinski definition) is 2. The fourth-order valence-corrected chi connectivity index (χ4v) is 2.41. The van der Waals surface area contributed by atoms with Crippen molar-refractivity contribution >= 4 is 5.82 Å². The highest BCUT2D eigenvalue weighted by Crippen LogP contribution is 2.24. The third-order valence-corrected chi connectivity index (χ3v) is 4.02. The summed E-state index contributed by atoms with van der Waals surface area (Å²) in [6.07, 6.45) is 5.04. The van der Waals surface area contributed by atoms with Gasteiger partial charge >= 0.3 is 0 Å². The Labute approximate surface area is 123 Å². The minimum atomic E-state index is 0.162. The van der Waals surface area contributed by atoms with Crippen molar-refractivity contribution < 1.29 is 0 Å². The van der Waals surface area contributed by atoms with Crippen LogP contribution in [0.3, 0.4) is 0 Å². The van der Waals surface area contributed by atoms with E-state index in [-0.39, 0.29) is 5.54 Å². The Morgan fingerprint density at radius 2 is 2.05 bits per heavy atom. The van der Waals surface area contributed by atoms with Gasteiger partial charge in [-0.25, -0.2) is 4.98 Å². The molecule has 0 aliphatic heterocycles. The van der Waals surface area contributed by atoms with Gasteiger partial charge in [-0.2, -0.15) is 0 Å². The fraction of sp³-hybridized carbons (Fsp3) is 0.706. The van der Waals surface area contributed by atoms with Gasteiger partial charge in [0.2, 0.25) is 0 Å². The molecule has 0 saturated heterocycles. The van der Waals surface area contributed by atoms with E-state index in [1.54, 1.807) is 0 Å². The summed E-state index contributed by atoms with van der Waals surface area (Å²) in [7, 11) is 0. The van der Waals surface area contributed by atoms with Crippen LogP contribution < -0.4 is 10.6 Å². The highest BCUT2D eigenvalue weighted by Gasteiger charge is 2.19. The van der Waals surface area contributed by atoms with Crippen LogP contribution in [0, 0.1) is 0 Å². The summed E-state index contributed by atoms with van der Waals surface area (Å²) in [6, 6.07) is 7.02. The van der Waals surface area contributed by atoms with Crippen LogP contribution in [0.4, 0.5) is 5.82 Å². The first-order valence-electron chi connectivity index (χ1n) is 7.96. The maximum atomic E-state index is 4.82. The third kappa shape index (κ3) is 4.48. The Bertz CT molecular complexity index is 418. The van der Waals surface area contributed by atoms with E-state index in [0.717, 1.165) is 18.8 Å². The van der Waals surface area contributed by atoms with E-state index in [1.165, 1.54) is 25.0 Å². The zero-order valence-electron chi connectivity index (χ0n) is 13.4. The minimum Gasteiger partial charge on any atom is -0.367 e. The molecule has 3 heteroatoms. The third-order valence-electron chi connectivity index (χ3n) is 4.02. The van der Waals surface area contributed by atoms with Gasteiger partial charge in [0.25, 0.3) is 0 Å². The normalized spacial score (nSPS) is 17.6. The summed E-state index contributed by atoms with van der Waals surface area (Å²) in [6.45, 7) is 9.85. The summed E-state index contributed by atoms with van der Waals surface area (Å²) in [5.41, 5.74) is 1.36. The molecular weight excluding hydrogens is 246 g/mol. The van der Waals surface area contributed by atoms with Crippen molar-refractivity contribution in [2.45, 2.75) is 70.9 Å². The molecule has 0 amide bonds. The zero-order valence-corrected chi connectivity index (χ0v) is 13.4. The van der Waals surface area contributed by atoms with E-state index in [2.05, 4.69) is 56.5 Å². The van der Waals surface area contributed by atoms with Gasteiger partial charge in [0.15, 0.2) is 0 Å². The van der Waals surface area contributed by atoms with Crippen molar-refractivity contribution in [3.63, 3.8) is 0 Å². The number of nitrogens with zero attached hydrogens (tertiary/aromatic N) is 1. The summed E-state index contributed by atoms with van der Waals surface area (Å²) >= 11 is 0. The SMILES string of the molecule is CC[C@H](CNC(C)(C)C)c1cccc(NC2CCC2)n1. The molecule has 0 radical (unpaired) electrons. The zero-order chi connectivity index (χ0) is 14.6. The van der Waals surface area contributed by atoms with Gasteiger partial charge in [-0.3, -0.25) is 0 Å². The Hall–Kier alpha value is -1.09. The largest absolute Gasteiger partial charge is 0.367 e. The van der Waals surface area contributed by atoms with E-state index in [4.69, 9.17) is 4.98 Å². The molecule has 112 valence electrons. The van der Waals surface area contributed by atoms with Crippen LogP contribution in [-0.2, 0) is 0 Å². The topological polar surface area (TPSA) is 37.0 Å². The molecule has 0 aromatic carbocycles. The van der Waals surface area contributed by atoms with Crippen molar-refractivity contribution in [1.29, 1.82) is 0 Å². The van der Waals surface area contributed by atoms with E-state index < -0.39 is 0 Å². The molecule has 1 aliphatic carbocycles. The van der Waals surface area contributed by atoms with Crippen LogP contribution >= 0.6 is 0 Å². The number of aromatic nitrogens is 1. The van der Waals surface area contributed by atoms with E-state index in [1.807, 2.05) is 0 Å². The first kappa shape index (κ1) is 15.3. The minimum absolute atomic E-state index is 0.162. The molecule has 0 spiro atoms. The summed E-state index contributed by atoms with van der Waals surface area (Å²) in [5.74, 6) is 1.53. The van der Waals surface area contributed by atoms with E-state index in [0.29, 0.717) is 12.0 Å². The number of anilines is 1. The lowest BCUT2D eigenvalue weighted by Gasteiger charge is -2.28. The first-order valence-corrected chi connectivity index (χ1v) is 7.96. The standard InChI is InChI=1S/C17H29N3/c1-5-13(12-18-17(2,3)4)15-10-7-11-16(20-15)19-14-8-6-9-14/h7,10-11,13-14,18H,5-6,8-9,12H2,1-4H3,(H,19,20)/t13-/m1/s1. The van der Waals surface area contributed by atoms with Gasteiger partial charge < -0.3 is 10.6 Å². The Morgan fingerprint density at radius 3 is 2.60 bits per heavy atom. The lowest BCUT2D eigenvalue weighted by molar-refractivity contribution is 0.400. The van der Waals surface area contributed by atoms with Crippen molar-refractivity contribution in [3.05, 3.63) is 23.9 Å². The molecule has 0 bridgehead atoms. The van der Waals surface area contributed by atoms with Gasteiger partial charge in [0, 0.05) is 29.7 Å². The molecule has 0 unspecified atom stereocenters. The summed E-state index contributed by atoms with van der Waals surface area (Å²) < 4.78 is 0. The molecule has 1 aliphatic rings. The molecule has 1 fully saturated rings. The molecule has 3 nitrogen and oxygen atoms in total. The maximum absolute atomic E-state index is 4.82. The van der Waals surface area contributed by atoms with Crippen LogP contribution in [0.2, 0.25) is 0 Å². The van der Waals surface area contributed by atoms with Gasteiger partial charge in [-0.1, -0.05) is 13.0 Å². The first-order chi connectivity index (χ1) is 9.48. The van der Waals surface area contributed by atoms with Crippen molar-refractivity contribution in [2.75, 3.05) is 11.9 Å². The quantitative estimate of drug-likeness (QED) is 0.826. The Balaban J connectivity index is 1.99. The number of rotatable bonds is 6. The second kappa shape index (κ2) is 6.57. The average molecular weight is 275 g/mol. The van der Waals surface area contributed by atoms with Crippen molar-refractivity contribution in [3.8, 4) is 0 Å². The number of nitrogens with one attached hydrogen (secondary N) is 2. The maximum Gasteiger partial charge on any atom is 0.126 e. The monoisotopic (exact) mass is 275 g/mol. The van der Waals surface area contributed by atoms with Crippen molar-refractivity contribution in [2.24, 2.45) is 0 Å². The smallest absolute Gasteiger partial charge is 0.126 e. The summed E-state index contributed by atoms with van der Waals surface area (Å²) in [4.78, 5) is 4.82. The van der Waals surface area contributed by atoms with Gasteiger partial charge in [0.1, 0.15) is 5.82 Å². The highest BCUT2D eigenvalue weighted by molar-refractivity contribution is 5.37. The van der Waals surface area contributed by atoms with Crippen LogP contribution in [0.5, 0.6) is 0 Å². The van der Waals surface area contributed by atoms with Gasteiger partial charge in [0.05, 0.1) is 0 Å². The average Bonchev–Trinajstić information content (AvgIpc) is 2.34. The molecule has 2 N–H and O–H groups in total. The van der Waals surface area contributed by atoms with E-state index >= 15 is 0 Å². The predicted octanol–water partition coefficient (Wildman–Crippen LogP) is 3.93. The molecule has 1 atom stereocenters. The van der Waals surface area contributed by atoms with Crippen LogP contribution in [0.25, 0.3) is 0 Å². The molecule has 1 aromatic rings. The molecule has 2 rings (SSSR count). The summed E-state index contributed by atoms with van der Waals surface area (Å²) in [5, 5.41) is 7.13. The Morgan fingerprint density at radius 1 is 1.30 bits per heavy atom. The number of hydrogen-bond acceptors (Lipinski definition) is 3. The molecule has 1 saturated carbocycles. The Kier molecular flexibility index (Phi) is 5.03. The predicted molar refractivity (Wildman–Crippen MR) is 86.3 cm³/mol. The highest BCUT2D eigenvalue weighted by atomic mass is 15.0. The van der Waals surface area contributed by atoms with Crippen LogP contribution in [0.1, 0.15) is 65.0 Å². The molecule has 1 aromatic heterocycles. The lowest BCUT2D eigenvalue weighted by atomic mass is 9.93. The fourth-order valence-electron chi connectivity index (χ4n) is 2.41. The molecule has 1 heterocycles.